The van der Waals surface area contributed by atoms with Gasteiger partial charge in [0.2, 0.25) is 0 Å². The molecule has 0 radical (unpaired) electrons. The van der Waals surface area contributed by atoms with Gasteiger partial charge in [-0.15, -0.1) is 0 Å². The topological polar surface area (TPSA) is 56.8 Å². The van der Waals surface area contributed by atoms with Crippen LogP contribution in [0.3, 0.4) is 0 Å². The van der Waals surface area contributed by atoms with Crippen molar-refractivity contribution in [2.45, 2.75) is 18.4 Å². The van der Waals surface area contributed by atoms with Gasteiger partial charge in [0.15, 0.2) is 11.5 Å². The van der Waals surface area contributed by atoms with E-state index in [-0.39, 0.29) is 11.4 Å². The van der Waals surface area contributed by atoms with Crippen molar-refractivity contribution in [2.75, 3.05) is 21.3 Å². The number of hydrogen-bond donors (Lipinski definition) is 1. The first kappa shape index (κ1) is 16.2. The van der Waals surface area contributed by atoms with Gasteiger partial charge in [0.25, 0.3) is 5.91 Å². The highest BCUT2D eigenvalue weighted by atomic mass is 16.5. The minimum absolute atomic E-state index is 0.0927. The summed E-state index contributed by atoms with van der Waals surface area (Å²) in [6.45, 7) is 0. The first-order valence-corrected chi connectivity index (χ1v) is 7.81. The Morgan fingerprint density at radius 1 is 0.917 bits per heavy atom. The van der Waals surface area contributed by atoms with Crippen LogP contribution >= 0.6 is 0 Å². The second-order valence-electron chi connectivity index (χ2n) is 5.83. The van der Waals surface area contributed by atoms with E-state index < -0.39 is 0 Å². The Labute approximate surface area is 141 Å². The van der Waals surface area contributed by atoms with Crippen molar-refractivity contribution < 1.29 is 19.0 Å². The number of nitrogens with one attached hydrogen (secondary N) is 1. The van der Waals surface area contributed by atoms with Crippen LogP contribution in [0.1, 0.15) is 28.8 Å². The molecule has 1 N–H and O–H groups in total. The van der Waals surface area contributed by atoms with Crippen LogP contribution in [0.5, 0.6) is 17.2 Å². The molecule has 1 fully saturated rings. The standard InChI is InChI=1S/C19H21NO4/c1-22-15-7-4-13(5-8-15)18(21)20-19(10-11-19)14-6-9-16(23-2)17(12-14)24-3/h4-9,12H,10-11H2,1-3H3,(H,20,21). The normalized spacial score (nSPS) is 14.6. The molecule has 0 atom stereocenters. The first-order valence-electron chi connectivity index (χ1n) is 7.81. The molecule has 0 aromatic heterocycles. The smallest absolute Gasteiger partial charge is 0.251 e. The molecule has 5 nitrogen and oxygen atoms in total. The quantitative estimate of drug-likeness (QED) is 0.885. The maximum absolute atomic E-state index is 12.5. The zero-order valence-electron chi connectivity index (χ0n) is 14.1. The lowest BCUT2D eigenvalue weighted by atomic mass is 10.0. The minimum Gasteiger partial charge on any atom is -0.497 e. The van der Waals surface area contributed by atoms with Crippen molar-refractivity contribution in [1.82, 2.24) is 5.32 Å². The highest BCUT2D eigenvalue weighted by Gasteiger charge is 2.46. The Kier molecular flexibility index (Phi) is 4.34. The molecule has 3 rings (SSSR count). The van der Waals surface area contributed by atoms with E-state index in [1.807, 2.05) is 18.2 Å². The number of amides is 1. The number of rotatable bonds is 6. The van der Waals surface area contributed by atoms with Crippen LogP contribution in [-0.2, 0) is 5.54 Å². The average Bonchev–Trinajstić information content (AvgIpc) is 3.41. The monoisotopic (exact) mass is 327 g/mol. The van der Waals surface area contributed by atoms with Crippen LogP contribution in [0.2, 0.25) is 0 Å². The van der Waals surface area contributed by atoms with Gasteiger partial charge in [-0.05, 0) is 54.8 Å². The van der Waals surface area contributed by atoms with E-state index in [1.165, 1.54) is 0 Å². The average molecular weight is 327 g/mol. The first-order chi connectivity index (χ1) is 11.6. The number of methoxy groups -OCH3 is 3. The SMILES string of the molecule is COc1ccc(C(=O)NC2(c3ccc(OC)c(OC)c3)CC2)cc1. The molecule has 2 aromatic rings. The molecule has 0 heterocycles. The van der Waals surface area contributed by atoms with Crippen LogP contribution in [0, 0.1) is 0 Å². The molecule has 0 aliphatic heterocycles. The molecular weight excluding hydrogens is 306 g/mol. The van der Waals surface area contributed by atoms with Gasteiger partial charge in [0.1, 0.15) is 5.75 Å². The maximum Gasteiger partial charge on any atom is 0.251 e. The fraction of sp³-hybridized carbons (Fsp3) is 0.316. The van der Waals surface area contributed by atoms with E-state index in [4.69, 9.17) is 14.2 Å². The van der Waals surface area contributed by atoms with Crippen molar-refractivity contribution in [2.24, 2.45) is 0 Å². The van der Waals surface area contributed by atoms with Crippen molar-refractivity contribution in [1.29, 1.82) is 0 Å². The molecular formula is C19H21NO4. The second-order valence-corrected chi connectivity index (χ2v) is 5.83. The fourth-order valence-electron chi connectivity index (χ4n) is 2.78. The molecule has 0 unspecified atom stereocenters. The minimum atomic E-state index is -0.323. The molecule has 1 aliphatic rings. The van der Waals surface area contributed by atoms with Crippen molar-refractivity contribution in [3.8, 4) is 17.2 Å². The lowest BCUT2D eigenvalue weighted by molar-refractivity contribution is 0.0930. The van der Waals surface area contributed by atoms with Crippen molar-refractivity contribution in [3.05, 3.63) is 53.6 Å². The molecule has 5 heteroatoms. The Morgan fingerprint density at radius 3 is 2.12 bits per heavy atom. The molecule has 126 valence electrons. The van der Waals surface area contributed by atoms with Gasteiger partial charge in [0.05, 0.1) is 26.9 Å². The van der Waals surface area contributed by atoms with Crippen LogP contribution < -0.4 is 19.5 Å². The van der Waals surface area contributed by atoms with Gasteiger partial charge in [-0.3, -0.25) is 4.79 Å². The zero-order valence-corrected chi connectivity index (χ0v) is 14.1. The Bertz CT molecular complexity index is 736. The predicted molar refractivity (Wildman–Crippen MR) is 90.9 cm³/mol. The second kappa shape index (κ2) is 6.43. The van der Waals surface area contributed by atoms with Gasteiger partial charge in [-0.25, -0.2) is 0 Å². The number of carbonyl (C=O) groups excluding carboxylic acids is 1. The zero-order chi connectivity index (χ0) is 17.2. The van der Waals surface area contributed by atoms with Gasteiger partial charge in [-0.2, -0.15) is 0 Å². The number of ether oxygens (including phenoxy) is 3. The molecule has 0 bridgehead atoms. The van der Waals surface area contributed by atoms with Crippen LogP contribution in [0.4, 0.5) is 0 Å². The summed E-state index contributed by atoms with van der Waals surface area (Å²) in [6.07, 6.45) is 1.81. The van der Waals surface area contributed by atoms with Gasteiger partial charge in [0, 0.05) is 5.56 Å². The summed E-state index contributed by atoms with van der Waals surface area (Å²) in [5, 5.41) is 3.15. The third kappa shape index (κ3) is 3.02. The highest BCUT2D eigenvalue weighted by Crippen LogP contribution is 2.47. The summed E-state index contributed by atoms with van der Waals surface area (Å²) in [4.78, 5) is 12.5. The summed E-state index contributed by atoms with van der Waals surface area (Å²) >= 11 is 0. The molecule has 0 saturated heterocycles. The summed E-state index contributed by atoms with van der Waals surface area (Å²) in [5.74, 6) is 1.98. The molecule has 0 spiro atoms. The van der Waals surface area contributed by atoms with E-state index in [2.05, 4.69) is 5.32 Å². The largest absolute Gasteiger partial charge is 0.497 e. The van der Waals surface area contributed by atoms with Gasteiger partial charge < -0.3 is 19.5 Å². The van der Waals surface area contributed by atoms with Crippen LogP contribution in [-0.4, -0.2) is 27.2 Å². The molecule has 1 aliphatic carbocycles. The van der Waals surface area contributed by atoms with E-state index in [0.29, 0.717) is 17.1 Å². The lowest BCUT2D eigenvalue weighted by Gasteiger charge is -2.20. The van der Waals surface area contributed by atoms with E-state index in [0.717, 1.165) is 24.2 Å². The van der Waals surface area contributed by atoms with Gasteiger partial charge >= 0.3 is 0 Å². The molecule has 24 heavy (non-hydrogen) atoms. The van der Waals surface area contributed by atoms with Crippen molar-refractivity contribution in [3.63, 3.8) is 0 Å². The number of hydrogen-bond acceptors (Lipinski definition) is 4. The van der Waals surface area contributed by atoms with E-state index in [1.54, 1.807) is 45.6 Å². The van der Waals surface area contributed by atoms with Crippen LogP contribution in [0.15, 0.2) is 42.5 Å². The Hall–Kier alpha value is -2.69. The number of carbonyl (C=O) groups is 1. The third-order valence-corrected chi connectivity index (χ3v) is 4.39. The fourth-order valence-corrected chi connectivity index (χ4v) is 2.78. The predicted octanol–water partition coefficient (Wildman–Crippen LogP) is 3.13. The Balaban J connectivity index is 1.80. The van der Waals surface area contributed by atoms with E-state index in [9.17, 15) is 4.79 Å². The maximum atomic E-state index is 12.5. The molecule has 1 amide bonds. The Morgan fingerprint density at radius 2 is 1.58 bits per heavy atom. The summed E-state index contributed by atoms with van der Waals surface area (Å²) in [7, 11) is 4.82. The summed E-state index contributed by atoms with van der Waals surface area (Å²) < 4.78 is 15.8. The highest BCUT2D eigenvalue weighted by molar-refractivity contribution is 5.95. The van der Waals surface area contributed by atoms with Gasteiger partial charge in [-0.1, -0.05) is 6.07 Å². The van der Waals surface area contributed by atoms with E-state index >= 15 is 0 Å². The molecule has 1 saturated carbocycles. The number of benzene rings is 2. The summed E-state index contributed by atoms with van der Waals surface area (Å²) in [5.41, 5.74) is 1.32. The molecule has 2 aromatic carbocycles. The van der Waals surface area contributed by atoms with Crippen molar-refractivity contribution >= 4 is 5.91 Å². The third-order valence-electron chi connectivity index (χ3n) is 4.39. The van der Waals surface area contributed by atoms with Crippen LogP contribution in [0.25, 0.3) is 0 Å². The lowest BCUT2D eigenvalue weighted by Crippen LogP contribution is -2.34. The summed E-state index contributed by atoms with van der Waals surface area (Å²) in [6, 6.07) is 12.9.